The first-order chi connectivity index (χ1) is 35.7. The van der Waals surface area contributed by atoms with Crippen LogP contribution in [-0.4, -0.2) is 94.4 Å². The molecule has 10 rings (SSSR count). The van der Waals surface area contributed by atoms with Crippen molar-refractivity contribution in [3.63, 3.8) is 0 Å². The number of rotatable bonds is 16. The van der Waals surface area contributed by atoms with Gasteiger partial charge < -0.3 is 29.6 Å². The second kappa shape index (κ2) is 24.5. The van der Waals surface area contributed by atoms with E-state index in [0.717, 1.165) is 61.3 Å². The lowest BCUT2D eigenvalue weighted by atomic mass is 9.83. The molecule has 74 heavy (non-hydrogen) atoms. The van der Waals surface area contributed by atoms with Crippen LogP contribution in [0.15, 0.2) is 171 Å². The SMILES string of the molecule is CN(C)c1ccc(C(=O)c2cnc3c(c2)c(-c2cnn(C)c2)cn3SOOc2ccccc2)cc1.CN(C)c1ccc(C(=O)c2cnc3c(c2)c(I)cn3SOOc2ccccc2)cc1.Cn1cc(B(O)O)cn1. The van der Waals surface area contributed by atoms with Crippen LogP contribution in [0.2, 0.25) is 0 Å². The molecule has 22 heteroatoms. The van der Waals surface area contributed by atoms with E-state index in [0.29, 0.717) is 50.5 Å². The first-order valence-corrected chi connectivity index (χ1v) is 25.0. The Morgan fingerprint density at radius 2 is 1.03 bits per heavy atom. The second-order valence-corrected chi connectivity index (χ2v) is 19.2. The summed E-state index contributed by atoms with van der Waals surface area (Å²) in [7, 11) is 10.0. The molecular formula is C52H48BIN10O8S2. The van der Waals surface area contributed by atoms with Crippen LogP contribution in [0.5, 0.6) is 11.5 Å². The van der Waals surface area contributed by atoms with Crippen LogP contribution in [0.3, 0.4) is 0 Å². The first-order valence-electron chi connectivity index (χ1n) is 22.5. The normalized spacial score (nSPS) is 10.8. The number of ketones is 2. The number of nitrogens with zero attached hydrogens (tertiary/aromatic N) is 10. The Labute approximate surface area is 448 Å². The maximum Gasteiger partial charge on any atom is 0.491 e. The van der Waals surface area contributed by atoms with Gasteiger partial charge in [0.1, 0.15) is 0 Å². The highest BCUT2D eigenvalue weighted by Gasteiger charge is 2.19. The summed E-state index contributed by atoms with van der Waals surface area (Å²) in [5, 5.41) is 26.8. The Balaban J connectivity index is 0.000000170. The molecule has 0 fully saturated rings. The smallest absolute Gasteiger partial charge is 0.423 e. The molecule has 0 bridgehead atoms. The number of carbonyl (C=O) groups excluding carboxylic acids is 2. The van der Waals surface area contributed by atoms with Crippen molar-refractivity contribution in [1.29, 1.82) is 0 Å². The molecule has 0 spiro atoms. The van der Waals surface area contributed by atoms with Gasteiger partial charge in [-0.2, -0.15) is 10.2 Å². The molecule has 0 unspecified atom stereocenters. The zero-order valence-corrected chi connectivity index (χ0v) is 44.5. The fourth-order valence-corrected chi connectivity index (χ4v) is 9.07. The summed E-state index contributed by atoms with van der Waals surface area (Å²) in [5.41, 5.74) is 7.90. The van der Waals surface area contributed by atoms with Crippen LogP contribution in [-0.2, 0) is 22.8 Å². The van der Waals surface area contributed by atoms with Crippen molar-refractivity contribution in [2.24, 2.45) is 14.1 Å². The zero-order valence-electron chi connectivity index (χ0n) is 40.8. The average Bonchev–Trinajstić information content (AvgIpc) is 4.22. The molecular weight excluding hydrogens is 1090 g/mol. The monoisotopic (exact) mass is 1140 g/mol. The maximum atomic E-state index is 13.2. The van der Waals surface area contributed by atoms with Gasteiger partial charge in [-0.1, -0.05) is 45.1 Å². The third-order valence-electron chi connectivity index (χ3n) is 11.0. The van der Waals surface area contributed by atoms with Crippen LogP contribution in [0, 0.1) is 3.57 Å². The summed E-state index contributed by atoms with van der Waals surface area (Å²) >= 11 is 4.24. The lowest BCUT2D eigenvalue weighted by Crippen LogP contribution is -2.28. The molecule has 4 aromatic carbocycles. The van der Waals surface area contributed by atoms with E-state index < -0.39 is 7.12 Å². The van der Waals surface area contributed by atoms with E-state index in [-0.39, 0.29) is 11.6 Å². The zero-order chi connectivity index (χ0) is 52.3. The van der Waals surface area contributed by atoms with Crippen molar-refractivity contribution < 1.29 is 38.1 Å². The number of benzene rings is 4. The molecule has 0 aliphatic heterocycles. The standard InChI is InChI=1S/C26H23N5O3S.C22H18IN3O3S.C4H7BN2O2/c1-29(2)21-11-9-18(10-12-21)25(32)19-13-23-24(20-15-28-30(3)16-20)17-31(26(23)27-14-19)35-34-33-22-7-5-4-6-8-22;1-25(2)17-10-8-15(9-11-17)21(27)16-12-19-20(23)14-26(22(19)24-13-16)30-29-28-18-6-4-3-5-7-18;1-7-3-4(2-6-7)5(8)9/h4-17H,1-3H3;3-14H,1-2H3;2-3,8-9H,1H3. The Kier molecular flexibility index (Phi) is 17.5. The van der Waals surface area contributed by atoms with Gasteiger partial charge in [0.05, 0.1) is 6.20 Å². The molecule has 0 radical (unpaired) electrons. The summed E-state index contributed by atoms with van der Waals surface area (Å²) in [5.74, 6) is 1.04. The number of hydrogen-bond acceptors (Lipinski definition) is 16. The maximum absolute atomic E-state index is 13.2. The summed E-state index contributed by atoms with van der Waals surface area (Å²) in [6.07, 6.45) is 13.6. The van der Waals surface area contributed by atoms with E-state index in [2.05, 4.69) is 42.8 Å². The number of anilines is 2. The minimum absolute atomic E-state index is 0.0606. The molecule has 18 nitrogen and oxygen atoms in total. The number of para-hydroxylation sites is 2. The van der Waals surface area contributed by atoms with Gasteiger partial charge in [0.25, 0.3) is 0 Å². The third-order valence-corrected chi connectivity index (χ3v) is 13.0. The van der Waals surface area contributed by atoms with Crippen molar-refractivity contribution in [3.8, 4) is 22.6 Å². The van der Waals surface area contributed by atoms with Gasteiger partial charge in [0.2, 0.25) is 0 Å². The number of fused-ring (bicyclic) bond motifs is 2. The predicted octanol–water partition coefficient (Wildman–Crippen LogP) is 8.62. The number of carbonyl (C=O) groups is 2. The van der Waals surface area contributed by atoms with Gasteiger partial charge in [-0.05, 0) is 108 Å². The molecule has 0 saturated carbocycles. The van der Waals surface area contributed by atoms with E-state index in [9.17, 15) is 9.59 Å². The number of halogens is 1. The average molecular weight is 1140 g/mol. The summed E-state index contributed by atoms with van der Waals surface area (Å²) in [4.78, 5) is 49.9. The van der Waals surface area contributed by atoms with Crippen LogP contribution in [0.1, 0.15) is 31.8 Å². The number of hydrogen-bond donors (Lipinski definition) is 2. The van der Waals surface area contributed by atoms with Crippen LogP contribution in [0.25, 0.3) is 33.2 Å². The molecule has 10 aromatic rings. The van der Waals surface area contributed by atoms with Crippen LogP contribution >= 0.6 is 47.0 Å². The minimum Gasteiger partial charge on any atom is -0.423 e. The molecule has 0 aliphatic rings. The van der Waals surface area contributed by atoms with Gasteiger partial charge in [-0.15, -0.1) is 0 Å². The van der Waals surface area contributed by atoms with Gasteiger partial charge >= 0.3 is 7.12 Å². The van der Waals surface area contributed by atoms with E-state index in [1.165, 1.54) is 10.9 Å². The van der Waals surface area contributed by atoms with Gasteiger partial charge in [-0.3, -0.25) is 19.0 Å². The van der Waals surface area contributed by atoms with Gasteiger partial charge in [0, 0.05) is 150 Å². The second-order valence-electron chi connectivity index (χ2n) is 16.7. The third kappa shape index (κ3) is 13.2. The van der Waals surface area contributed by atoms with Crippen molar-refractivity contribution in [1.82, 2.24) is 37.5 Å². The summed E-state index contributed by atoms with van der Waals surface area (Å²) in [6, 6.07) is 37.3. The fourth-order valence-electron chi connectivity index (χ4n) is 7.13. The molecule has 2 N–H and O–H groups in total. The minimum atomic E-state index is -1.40. The largest absolute Gasteiger partial charge is 0.491 e. The lowest BCUT2D eigenvalue weighted by molar-refractivity contribution is -0.0785. The summed E-state index contributed by atoms with van der Waals surface area (Å²) < 4.78 is 18.4. The Bertz CT molecular complexity index is 3480. The van der Waals surface area contributed by atoms with E-state index >= 15 is 0 Å². The molecule has 0 saturated heterocycles. The van der Waals surface area contributed by atoms with Gasteiger partial charge in [0.15, 0.2) is 58.8 Å². The quantitative estimate of drug-likeness (QED) is 0.0233. The van der Waals surface area contributed by atoms with Crippen LogP contribution in [0.4, 0.5) is 11.4 Å². The summed E-state index contributed by atoms with van der Waals surface area (Å²) in [6.45, 7) is 0. The highest BCUT2D eigenvalue weighted by Crippen LogP contribution is 2.34. The molecule has 6 aromatic heterocycles. The fraction of sp³-hybridized carbons (Fsp3) is 0.115. The topological polar surface area (TPSA) is 189 Å². The molecule has 0 aliphatic carbocycles. The van der Waals surface area contributed by atoms with Gasteiger partial charge in [-0.25, -0.2) is 17.9 Å². The highest BCUT2D eigenvalue weighted by atomic mass is 127. The molecule has 0 atom stereocenters. The van der Waals surface area contributed by atoms with Crippen LogP contribution < -0.4 is 25.0 Å². The number of pyridine rings is 2. The van der Waals surface area contributed by atoms with Crippen molar-refractivity contribution >= 4 is 105 Å². The van der Waals surface area contributed by atoms with E-state index in [1.807, 2.05) is 161 Å². The molecule has 0 amide bonds. The Morgan fingerprint density at radius 1 is 0.568 bits per heavy atom. The highest BCUT2D eigenvalue weighted by molar-refractivity contribution is 14.1. The van der Waals surface area contributed by atoms with Crippen molar-refractivity contribution in [3.05, 3.63) is 197 Å². The lowest BCUT2D eigenvalue weighted by Gasteiger charge is -2.12. The number of aromatic nitrogens is 8. The Morgan fingerprint density at radius 3 is 1.46 bits per heavy atom. The molecule has 376 valence electrons. The Hall–Kier alpha value is -7.45. The predicted molar refractivity (Wildman–Crippen MR) is 298 cm³/mol. The molecule has 6 heterocycles. The van der Waals surface area contributed by atoms with Crippen molar-refractivity contribution in [2.75, 3.05) is 38.0 Å². The first kappa shape index (κ1) is 52.9. The van der Waals surface area contributed by atoms with Crippen molar-refractivity contribution in [2.45, 2.75) is 0 Å². The van der Waals surface area contributed by atoms with E-state index in [1.54, 1.807) is 68.7 Å². The number of aryl methyl sites for hydroxylation is 2. The van der Waals surface area contributed by atoms with E-state index in [4.69, 9.17) is 28.5 Å².